The van der Waals surface area contributed by atoms with E-state index in [1.807, 2.05) is 6.92 Å². The number of fused-ring (bicyclic) bond motifs is 1. The van der Waals surface area contributed by atoms with Gasteiger partial charge in [-0.05, 0) is 25.5 Å². The number of hydrogen-bond acceptors (Lipinski definition) is 6. The van der Waals surface area contributed by atoms with Crippen LogP contribution in [-0.4, -0.2) is 36.4 Å². The van der Waals surface area contributed by atoms with E-state index in [0.29, 0.717) is 28.8 Å². The third-order valence-electron chi connectivity index (χ3n) is 4.93. The summed E-state index contributed by atoms with van der Waals surface area (Å²) in [5.74, 6) is -1.53. The summed E-state index contributed by atoms with van der Waals surface area (Å²) in [5.41, 5.74) is 6.56. The van der Waals surface area contributed by atoms with E-state index in [9.17, 15) is 18.4 Å². The lowest BCUT2D eigenvalue weighted by Gasteiger charge is -2.10. The largest absolute Gasteiger partial charge is 0.365 e. The second-order valence-electron chi connectivity index (χ2n) is 7.18. The Bertz CT molecular complexity index is 1410. The molecule has 2 amide bonds. The zero-order valence-electron chi connectivity index (χ0n) is 17.7. The second kappa shape index (κ2) is 8.52. The van der Waals surface area contributed by atoms with Crippen molar-refractivity contribution in [2.75, 3.05) is 5.32 Å². The summed E-state index contributed by atoms with van der Waals surface area (Å²) >= 11 is 6.90. The Morgan fingerprint density at radius 1 is 1.27 bits per heavy atom. The van der Waals surface area contributed by atoms with E-state index < -0.39 is 23.9 Å². The number of thiophene rings is 1. The molecule has 0 aliphatic carbocycles. The molecule has 0 bridgehead atoms. The van der Waals surface area contributed by atoms with Crippen LogP contribution < -0.4 is 11.1 Å². The van der Waals surface area contributed by atoms with Gasteiger partial charge in [0.25, 0.3) is 18.2 Å². The number of nitrogens with two attached hydrogens (primary N) is 1. The molecule has 0 atom stereocenters. The van der Waals surface area contributed by atoms with Gasteiger partial charge in [-0.1, -0.05) is 11.6 Å². The number of alkyl halides is 2. The number of primary amides is 1. The zero-order chi connectivity index (χ0) is 24.0. The smallest absolute Gasteiger partial charge is 0.280 e. The van der Waals surface area contributed by atoms with Gasteiger partial charge in [0.15, 0.2) is 5.69 Å². The predicted molar refractivity (Wildman–Crippen MR) is 121 cm³/mol. The molecule has 0 aliphatic rings. The Kier molecular flexibility index (Phi) is 5.89. The van der Waals surface area contributed by atoms with Gasteiger partial charge in [-0.2, -0.15) is 10.2 Å². The fourth-order valence-corrected chi connectivity index (χ4v) is 4.74. The van der Waals surface area contributed by atoms with Gasteiger partial charge < -0.3 is 11.1 Å². The maximum Gasteiger partial charge on any atom is 0.280 e. The number of aromatic nitrogens is 5. The molecule has 4 aromatic heterocycles. The van der Waals surface area contributed by atoms with Gasteiger partial charge in [0.05, 0.1) is 16.4 Å². The van der Waals surface area contributed by atoms with Crippen LogP contribution in [0.25, 0.3) is 21.3 Å². The third-order valence-corrected chi connectivity index (χ3v) is 6.30. The lowest BCUT2D eigenvalue weighted by atomic mass is 10.0. The Labute approximate surface area is 195 Å². The van der Waals surface area contributed by atoms with Crippen LogP contribution in [0.5, 0.6) is 0 Å². The first-order valence-electron chi connectivity index (χ1n) is 9.71. The molecule has 0 unspecified atom stereocenters. The molecule has 3 N–H and O–H groups in total. The number of halogens is 3. The molecule has 0 spiro atoms. The average molecular weight is 494 g/mol. The van der Waals surface area contributed by atoms with Crippen molar-refractivity contribution in [3.8, 4) is 11.1 Å². The summed E-state index contributed by atoms with van der Waals surface area (Å²) in [5, 5.41) is 11.5. The molecule has 0 aromatic carbocycles. The summed E-state index contributed by atoms with van der Waals surface area (Å²) in [6, 6.07) is 1.23. The Morgan fingerprint density at radius 2 is 2.00 bits per heavy atom. The Balaban J connectivity index is 1.99. The number of aryl methyl sites for hydroxylation is 3. The molecular weight excluding hydrogens is 476 g/mol. The fourth-order valence-electron chi connectivity index (χ4n) is 3.46. The molecule has 0 saturated heterocycles. The molecule has 172 valence electrons. The van der Waals surface area contributed by atoms with E-state index >= 15 is 0 Å². The van der Waals surface area contributed by atoms with E-state index in [1.54, 1.807) is 24.9 Å². The number of pyridine rings is 1. The van der Waals surface area contributed by atoms with E-state index in [1.165, 1.54) is 16.9 Å². The van der Waals surface area contributed by atoms with Crippen LogP contribution in [0.2, 0.25) is 5.02 Å². The quantitative estimate of drug-likeness (QED) is 0.417. The van der Waals surface area contributed by atoms with Gasteiger partial charge >= 0.3 is 0 Å². The zero-order valence-corrected chi connectivity index (χ0v) is 19.3. The molecular formula is C20H18ClF2N7O2S. The Hall–Kier alpha value is -3.38. The van der Waals surface area contributed by atoms with Crippen LogP contribution in [-0.2, 0) is 13.6 Å². The minimum Gasteiger partial charge on any atom is -0.365 e. The SMILES string of the molecule is CCn1cc(-c2cc(C(F)F)nc3sc(C(N)=O)c(NC(=O)c4nn(C)cc4Cl)c23)c(C)n1. The monoisotopic (exact) mass is 493 g/mol. The second-order valence-corrected chi connectivity index (χ2v) is 8.59. The molecule has 4 aromatic rings. The van der Waals surface area contributed by atoms with Crippen LogP contribution in [0.3, 0.4) is 0 Å². The highest BCUT2D eigenvalue weighted by Crippen LogP contribution is 2.43. The summed E-state index contributed by atoms with van der Waals surface area (Å²) in [6.07, 6.45) is 0.309. The van der Waals surface area contributed by atoms with Gasteiger partial charge in [-0.25, -0.2) is 13.8 Å². The average Bonchev–Trinajstić information content (AvgIpc) is 3.41. The summed E-state index contributed by atoms with van der Waals surface area (Å²) in [4.78, 5) is 29.2. The van der Waals surface area contributed by atoms with E-state index in [0.717, 1.165) is 11.3 Å². The molecule has 4 heterocycles. The normalized spacial score (nSPS) is 11.5. The fraction of sp³-hybridized carbons (Fsp3) is 0.250. The van der Waals surface area contributed by atoms with E-state index in [4.69, 9.17) is 17.3 Å². The molecule has 0 aliphatic heterocycles. The van der Waals surface area contributed by atoms with Crippen molar-refractivity contribution in [3.63, 3.8) is 0 Å². The lowest BCUT2D eigenvalue weighted by molar-refractivity contribution is 0.100. The lowest BCUT2D eigenvalue weighted by Crippen LogP contribution is -2.17. The first kappa shape index (κ1) is 22.8. The topological polar surface area (TPSA) is 121 Å². The van der Waals surface area contributed by atoms with Crippen LogP contribution in [0, 0.1) is 6.92 Å². The minimum absolute atomic E-state index is 0.0360. The first-order valence-corrected chi connectivity index (χ1v) is 10.9. The molecule has 33 heavy (non-hydrogen) atoms. The highest BCUT2D eigenvalue weighted by atomic mass is 35.5. The van der Waals surface area contributed by atoms with E-state index in [-0.39, 0.29) is 26.1 Å². The highest BCUT2D eigenvalue weighted by molar-refractivity contribution is 7.21. The highest BCUT2D eigenvalue weighted by Gasteiger charge is 2.27. The number of amides is 2. The first-order chi connectivity index (χ1) is 15.6. The number of nitrogens with one attached hydrogen (secondary N) is 1. The van der Waals surface area contributed by atoms with Crippen molar-refractivity contribution >= 4 is 50.7 Å². The Morgan fingerprint density at radius 3 is 2.55 bits per heavy atom. The van der Waals surface area contributed by atoms with Gasteiger partial charge in [-0.15, -0.1) is 11.3 Å². The van der Waals surface area contributed by atoms with Crippen LogP contribution in [0.1, 0.15) is 44.9 Å². The van der Waals surface area contributed by atoms with Crippen LogP contribution in [0.4, 0.5) is 14.5 Å². The molecule has 13 heteroatoms. The minimum atomic E-state index is -2.85. The van der Waals surface area contributed by atoms with Crippen molar-refractivity contribution in [2.24, 2.45) is 12.8 Å². The number of carbonyl (C=O) groups excluding carboxylic acids is 2. The number of rotatable bonds is 6. The van der Waals surface area contributed by atoms with Crippen molar-refractivity contribution in [2.45, 2.75) is 26.8 Å². The molecule has 9 nitrogen and oxygen atoms in total. The van der Waals surface area contributed by atoms with Crippen molar-refractivity contribution in [1.82, 2.24) is 24.5 Å². The van der Waals surface area contributed by atoms with Crippen LogP contribution in [0.15, 0.2) is 18.5 Å². The predicted octanol–water partition coefficient (Wildman–Crippen LogP) is 4.16. The molecule has 0 fully saturated rings. The molecule has 4 rings (SSSR count). The van der Waals surface area contributed by atoms with Crippen LogP contribution >= 0.6 is 22.9 Å². The number of nitrogens with zero attached hydrogens (tertiary/aromatic N) is 5. The molecule has 0 radical (unpaired) electrons. The van der Waals surface area contributed by atoms with E-state index in [2.05, 4.69) is 20.5 Å². The third kappa shape index (κ3) is 4.07. The maximum atomic E-state index is 13.6. The number of hydrogen-bond donors (Lipinski definition) is 2. The number of carbonyl (C=O) groups is 2. The van der Waals surface area contributed by atoms with Crippen molar-refractivity contribution in [3.05, 3.63) is 45.4 Å². The van der Waals surface area contributed by atoms with Crippen molar-refractivity contribution in [1.29, 1.82) is 0 Å². The molecule has 0 saturated carbocycles. The van der Waals surface area contributed by atoms with Gasteiger partial charge in [0.2, 0.25) is 0 Å². The summed E-state index contributed by atoms with van der Waals surface area (Å²) < 4.78 is 30.3. The van der Waals surface area contributed by atoms with Crippen molar-refractivity contribution < 1.29 is 18.4 Å². The van der Waals surface area contributed by atoms with Gasteiger partial charge in [-0.3, -0.25) is 19.0 Å². The number of anilines is 1. The summed E-state index contributed by atoms with van der Waals surface area (Å²) in [7, 11) is 1.60. The summed E-state index contributed by atoms with van der Waals surface area (Å²) in [6.45, 7) is 4.19. The standard InChI is InChI=1S/C20H18ClF2N7O2S/c1-4-30-6-10(8(2)27-30)9-5-12(17(22)23)25-20-13(9)15(16(33-20)18(24)31)26-19(32)14-11(21)7-29(3)28-14/h5-7,17H,4H2,1-3H3,(H2,24,31)(H,26,32). The van der Waals surface area contributed by atoms with Gasteiger partial charge in [0.1, 0.15) is 15.4 Å². The van der Waals surface area contributed by atoms with Gasteiger partial charge in [0, 0.05) is 36.9 Å². The maximum absolute atomic E-state index is 13.6.